The van der Waals surface area contributed by atoms with Gasteiger partial charge in [0, 0.05) is 6.42 Å². The van der Waals surface area contributed by atoms with Crippen LogP contribution in [-0.2, 0) is 6.42 Å². The van der Waals surface area contributed by atoms with Crippen molar-refractivity contribution in [2.75, 3.05) is 0 Å². The summed E-state index contributed by atoms with van der Waals surface area (Å²) < 4.78 is 5.32. The Hall–Kier alpha value is -1.54. The largest absolute Gasteiger partial charge is 0.469 e. The summed E-state index contributed by atoms with van der Waals surface area (Å²) in [5.74, 6) is 1.10. The molecule has 1 aromatic heterocycles. The molecule has 0 bridgehead atoms. The average Bonchev–Trinajstić information content (AvgIpc) is 3.06. The van der Waals surface area contributed by atoms with E-state index in [0.717, 1.165) is 25.0 Å². The summed E-state index contributed by atoms with van der Waals surface area (Å²) in [6.45, 7) is 2.10. The fourth-order valence-corrected chi connectivity index (χ4v) is 2.39. The van der Waals surface area contributed by atoms with Gasteiger partial charge in [-0.25, -0.2) is 0 Å². The molecule has 1 aromatic rings. The number of furan rings is 1. The first-order valence-corrected chi connectivity index (χ1v) is 9.01. The quantitative estimate of drug-likeness (QED) is 0.275. The van der Waals surface area contributed by atoms with Gasteiger partial charge in [-0.05, 0) is 44.2 Å². The lowest BCUT2D eigenvalue weighted by Gasteiger charge is -1.99. The SMILES string of the molecule is CC/C=C/C[C@@H](O)/C=C/C=C/CCCCCCCc1ccco1. The molecule has 2 heteroatoms. The van der Waals surface area contributed by atoms with E-state index >= 15 is 0 Å². The number of hydrogen-bond acceptors (Lipinski definition) is 2. The number of aliphatic hydroxyl groups is 1. The number of allylic oxidation sites excluding steroid dienone is 4. The molecule has 0 aromatic carbocycles. The molecule has 0 saturated heterocycles. The van der Waals surface area contributed by atoms with E-state index in [1.165, 1.54) is 32.1 Å². The van der Waals surface area contributed by atoms with Gasteiger partial charge in [-0.2, -0.15) is 0 Å². The predicted molar refractivity (Wildman–Crippen MR) is 98.4 cm³/mol. The van der Waals surface area contributed by atoms with Gasteiger partial charge < -0.3 is 9.52 Å². The minimum atomic E-state index is -0.364. The van der Waals surface area contributed by atoms with Gasteiger partial charge >= 0.3 is 0 Å². The maximum Gasteiger partial charge on any atom is 0.103 e. The Balaban J connectivity index is 1.90. The molecular formula is C21H32O2. The number of aryl methyl sites for hydroxylation is 1. The molecular weight excluding hydrogens is 284 g/mol. The van der Waals surface area contributed by atoms with Crippen molar-refractivity contribution in [1.82, 2.24) is 0 Å². The molecule has 2 nitrogen and oxygen atoms in total. The maximum absolute atomic E-state index is 9.69. The molecule has 0 saturated carbocycles. The second-order valence-electron chi connectivity index (χ2n) is 5.88. The third kappa shape index (κ3) is 11.7. The number of unbranched alkanes of at least 4 members (excludes halogenated alkanes) is 5. The first kappa shape index (κ1) is 19.5. The van der Waals surface area contributed by atoms with E-state index in [-0.39, 0.29) is 6.10 Å². The predicted octanol–water partition coefficient (Wildman–Crippen LogP) is 5.99. The van der Waals surface area contributed by atoms with Crippen LogP contribution in [-0.4, -0.2) is 11.2 Å². The second-order valence-corrected chi connectivity index (χ2v) is 5.88. The van der Waals surface area contributed by atoms with Crippen LogP contribution in [0.15, 0.2) is 59.3 Å². The number of aliphatic hydroxyl groups excluding tert-OH is 1. The first-order valence-electron chi connectivity index (χ1n) is 9.01. The minimum absolute atomic E-state index is 0.364. The van der Waals surface area contributed by atoms with Crippen LogP contribution in [0.3, 0.4) is 0 Å². The number of hydrogen-bond donors (Lipinski definition) is 1. The molecule has 0 spiro atoms. The van der Waals surface area contributed by atoms with Crippen LogP contribution < -0.4 is 0 Å². The van der Waals surface area contributed by atoms with E-state index in [9.17, 15) is 5.11 Å². The van der Waals surface area contributed by atoms with E-state index in [0.29, 0.717) is 6.42 Å². The van der Waals surface area contributed by atoms with Crippen molar-refractivity contribution >= 4 is 0 Å². The third-order valence-electron chi connectivity index (χ3n) is 3.73. The molecule has 1 N–H and O–H groups in total. The highest BCUT2D eigenvalue weighted by Crippen LogP contribution is 2.10. The Morgan fingerprint density at radius 3 is 2.65 bits per heavy atom. The van der Waals surface area contributed by atoms with Crippen LogP contribution in [0.1, 0.15) is 64.1 Å². The van der Waals surface area contributed by atoms with Gasteiger partial charge in [0.05, 0.1) is 12.4 Å². The molecule has 0 aliphatic rings. The Kier molecular flexibility index (Phi) is 11.9. The van der Waals surface area contributed by atoms with E-state index in [4.69, 9.17) is 4.42 Å². The zero-order chi connectivity index (χ0) is 16.6. The van der Waals surface area contributed by atoms with Crippen molar-refractivity contribution < 1.29 is 9.52 Å². The fourth-order valence-electron chi connectivity index (χ4n) is 2.39. The maximum atomic E-state index is 9.69. The number of rotatable bonds is 13. The van der Waals surface area contributed by atoms with Gasteiger partial charge in [-0.15, -0.1) is 0 Å². The molecule has 1 rings (SSSR count). The van der Waals surface area contributed by atoms with Crippen molar-refractivity contribution in [2.24, 2.45) is 0 Å². The fraction of sp³-hybridized carbons (Fsp3) is 0.524. The highest BCUT2D eigenvalue weighted by molar-refractivity contribution is 5.05. The Bertz CT molecular complexity index is 440. The van der Waals surface area contributed by atoms with Crippen LogP contribution in [0.2, 0.25) is 0 Å². The summed E-state index contributed by atoms with van der Waals surface area (Å²) in [4.78, 5) is 0. The second kappa shape index (κ2) is 14.1. The van der Waals surface area contributed by atoms with Gasteiger partial charge in [0.15, 0.2) is 0 Å². The van der Waals surface area contributed by atoms with E-state index in [1.807, 2.05) is 30.4 Å². The topological polar surface area (TPSA) is 33.4 Å². The van der Waals surface area contributed by atoms with Gasteiger partial charge in [-0.3, -0.25) is 0 Å². The first-order chi connectivity index (χ1) is 11.3. The lowest BCUT2D eigenvalue weighted by atomic mass is 10.1. The molecule has 0 radical (unpaired) electrons. The van der Waals surface area contributed by atoms with Crippen molar-refractivity contribution in [2.45, 2.75) is 70.8 Å². The molecule has 1 atom stereocenters. The lowest BCUT2D eigenvalue weighted by molar-refractivity contribution is 0.227. The molecule has 0 aliphatic heterocycles. The van der Waals surface area contributed by atoms with Crippen molar-refractivity contribution in [3.63, 3.8) is 0 Å². The third-order valence-corrected chi connectivity index (χ3v) is 3.73. The standard InChI is InChI=1S/C21H32O2/c1-2-3-11-15-20(22)16-12-9-7-5-4-6-8-10-13-17-21-18-14-19-23-21/h3,7,9,11-12,14,16,18-20,22H,2,4-6,8,10,13,15,17H2,1H3/b9-7+,11-3+,16-12+/t20-/m1/s1. The Morgan fingerprint density at radius 1 is 1.04 bits per heavy atom. The minimum Gasteiger partial charge on any atom is -0.469 e. The Labute approximate surface area is 141 Å². The van der Waals surface area contributed by atoms with E-state index in [1.54, 1.807) is 6.26 Å². The smallest absolute Gasteiger partial charge is 0.103 e. The summed E-state index contributed by atoms with van der Waals surface area (Å²) >= 11 is 0. The highest BCUT2D eigenvalue weighted by atomic mass is 16.3. The summed E-state index contributed by atoms with van der Waals surface area (Å²) in [6, 6.07) is 4.01. The zero-order valence-corrected chi connectivity index (χ0v) is 14.5. The van der Waals surface area contributed by atoms with Gasteiger partial charge in [-0.1, -0.05) is 62.6 Å². The summed E-state index contributed by atoms with van der Waals surface area (Å²) in [6.07, 6.45) is 23.8. The van der Waals surface area contributed by atoms with Crippen molar-refractivity contribution in [1.29, 1.82) is 0 Å². The van der Waals surface area contributed by atoms with Gasteiger partial charge in [0.2, 0.25) is 0 Å². The normalized spacial score (nSPS) is 13.7. The van der Waals surface area contributed by atoms with Crippen LogP contribution in [0.5, 0.6) is 0 Å². The summed E-state index contributed by atoms with van der Waals surface area (Å²) in [5, 5.41) is 9.69. The highest BCUT2D eigenvalue weighted by Gasteiger charge is 1.95. The molecule has 0 amide bonds. The van der Waals surface area contributed by atoms with Crippen LogP contribution in [0.25, 0.3) is 0 Å². The summed E-state index contributed by atoms with van der Waals surface area (Å²) in [7, 11) is 0. The van der Waals surface area contributed by atoms with Crippen LogP contribution in [0, 0.1) is 0 Å². The van der Waals surface area contributed by atoms with Crippen LogP contribution in [0.4, 0.5) is 0 Å². The van der Waals surface area contributed by atoms with E-state index in [2.05, 4.69) is 25.1 Å². The molecule has 0 unspecified atom stereocenters. The average molecular weight is 316 g/mol. The molecule has 1 heterocycles. The monoisotopic (exact) mass is 316 g/mol. The zero-order valence-electron chi connectivity index (χ0n) is 14.5. The summed E-state index contributed by atoms with van der Waals surface area (Å²) in [5.41, 5.74) is 0. The van der Waals surface area contributed by atoms with E-state index < -0.39 is 0 Å². The van der Waals surface area contributed by atoms with Crippen molar-refractivity contribution in [3.05, 3.63) is 60.6 Å². The van der Waals surface area contributed by atoms with Gasteiger partial charge in [0.25, 0.3) is 0 Å². The molecule has 0 aliphatic carbocycles. The van der Waals surface area contributed by atoms with Crippen LogP contribution >= 0.6 is 0 Å². The Morgan fingerprint density at radius 2 is 1.87 bits per heavy atom. The lowest BCUT2D eigenvalue weighted by Crippen LogP contribution is -1.98. The molecule has 0 fully saturated rings. The molecule has 23 heavy (non-hydrogen) atoms. The van der Waals surface area contributed by atoms with Gasteiger partial charge in [0.1, 0.15) is 5.76 Å². The van der Waals surface area contributed by atoms with Crippen molar-refractivity contribution in [3.8, 4) is 0 Å². The molecule has 128 valence electrons.